The first-order valence-corrected chi connectivity index (χ1v) is 4.80. The van der Waals surface area contributed by atoms with Gasteiger partial charge >= 0.3 is 0 Å². The summed E-state index contributed by atoms with van der Waals surface area (Å²) in [6.07, 6.45) is 11.8. The summed E-state index contributed by atoms with van der Waals surface area (Å²) in [5, 5.41) is 4.23. The van der Waals surface area contributed by atoms with E-state index in [1.807, 2.05) is 23.1 Å². The molecule has 1 aliphatic rings. The van der Waals surface area contributed by atoms with Gasteiger partial charge in [-0.05, 0) is 31.4 Å². The third-order valence-corrected chi connectivity index (χ3v) is 2.37. The smallest absolute Gasteiger partial charge is 0.0493 e. The van der Waals surface area contributed by atoms with Crippen LogP contribution in [0, 0.1) is 0 Å². The Hall–Kier alpha value is -1.31. The van der Waals surface area contributed by atoms with E-state index in [-0.39, 0.29) is 0 Å². The molecule has 0 amide bonds. The lowest BCUT2D eigenvalue weighted by Crippen LogP contribution is -2.01. The van der Waals surface area contributed by atoms with Gasteiger partial charge in [0.05, 0.1) is 0 Å². The van der Waals surface area contributed by atoms with Gasteiger partial charge in [-0.15, -0.1) is 0 Å². The van der Waals surface area contributed by atoms with Crippen LogP contribution in [0.4, 0.5) is 0 Å². The molecule has 0 saturated carbocycles. The predicted molar refractivity (Wildman–Crippen MR) is 54.1 cm³/mol. The van der Waals surface area contributed by atoms with E-state index in [9.17, 15) is 0 Å². The summed E-state index contributed by atoms with van der Waals surface area (Å²) >= 11 is 0. The van der Waals surface area contributed by atoms with Crippen molar-refractivity contribution in [3.63, 3.8) is 0 Å². The Morgan fingerprint density at radius 1 is 1.54 bits per heavy atom. The second-order valence-corrected chi connectivity index (χ2v) is 3.26. The van der Waals surface area contributed by atoms with Crippen LogP contribution in [0.25, 0.3) is 5.70 Å². The molecule has 13 heavy (non-hydrogen) atoms. The average molecular weight is 174 g/mol. The maximum Gasteiger partial charge on any atom is 0.0493 e. The van der Waals surface area contributed by atoms with Crippen molar-refractivity contribution in [1.29, 1.82) is 0 Å². The first-order valence-electron chi connectivity index (χ1n) is 4.80. The highest BCUT2D eigenvalue weighted by atomic mass is 15.3. The number of rotatable bonds is 2. The topological polar surface area (TPSA) is 17.8 Å². The highest BCUT2D eigenvalue weighted by Crippen LogP contribution is 2.21. The second-order valence-electron chi connectivity index (χ2n) is 3.26. The van der Waals surface area contributed by atoms with Gasteiger partial charge in [0.2, 0.25) is 0 Å². The first-order chi connectivity index (χ1) is 6.40. The molecule has 68 valence electrons. The van der Waals surface area contributed by atoms with Crippen LogP contribution in [-0.2, 0) is 0 Å². The van der Waals surface area contributed by atoms with E-state index < -0.39 is 0 Å². The van der Waals surface area contributed by atoms with Crippen LogP contribution in [0.3, 0.4) is 0 Å². The minimum atomic E-state index is 1.10. The van der Waals surface area contributed by atoms with Gasteiger partial charge in [0, 0.05) is 18.1 Å². The van der Waals surface area contributed by atoms with Crippen molar-refractivity contribution in [2.75, 3.05) is 0 Å². The molecule has 2 rings (SSSR count). The van der Waals surface area contributed by atoms with Crippen molar-refractivity contribution in [3.8, 4) is 0 Å². The Morgan fingerprint density at radius 3 is 3.15 bits per heavy atom. The lowest BCUT2D eigenvalue weighted by atomic mass is 10.0. The third-order valence-electron chi connectivity index (χ3n) is 2.37. The molecule has 1 heterocycles. The van der Waals surface area contributed by atoms with Crippen molar-refractivity contribution in [2.24, 2.45) is 0 Å². The molecule has 0 bridgehead atoms. The van der Waals surface area contributed by atoms with Crippen LogP contribution in [-0.4, -0.2) is 9.78 Å². The summed E-state index contributed by atoms with van der Waals surface area (Å²) < 4.78 is 1.96. The van der Waals surface area contributed by atoms with Crippen molar-refractivity contribution >= 4 is 5.70 Å². The van der Waals surface area contributed by atoms with Gasteiger partial charge in [0.25, 0.3) is 0 Å². The highest BCUT2D eigenvalue weighted by molar-refractivity contribution is 5.52. The van der Waals surface area contributed by atoms with Gasteiger partial charge in [-0.3, -0.25) is 0 Å². The molecular formula is C11H14N2. The first kappa shape index (κ1) is 8.30. The van der Waals surface area contributed by atoms with Crippen LogP contribution in [0.15, 0.2) is 36.2 Å². The molecule has 0 fully saturated rings. The maximum absolute atomic E-state index is 4.23. The molecule has 1 aromatic heterocycles. The Bertz CT molecular complexity index is 331. The molecule has 0 aliphatic heterocycles. The summed E-state index contributed by atoms with van der Waals surface area (Å²) in [6.45, 7) is 2.19. The molecule has 1 aromatic rings. The molecule has 0 atom stereocenters. The van der Waals surface area contributed by atoms with Gasteiger partial charge in [-0.1, -0.05) is 18.6 Å². The Kier molecular flexibility index (Phi) is 2.30. The number of nitrogens with zero attached hydrogens (tertiary/aromatic N) is 2. The summed E-state index contributed by atoms with van der Waals surface area (Å²) in [7, 11) is 0. The molecule has 0 saturated heterocycles. The summed E-state index contributed by atoms with van der Waals surface area (Å²) in [5.41, 5.74) is 2.74. The Balaban J connectivity index is 2.26. The molecule has 0 radical (unpaired) electrons. The van der Waals surface area contributed by atoms with Crippen molar-refractivity contribution in [3.05, 3.63) is 36.2 Å². The fraction of sp³-hybridized carbons (Fsp3) is 0.364. The lowest BCUT2D eigenvalue weighted by Gasteiger charge is -2.12. The SMILES string of the molecule is CCC1=CCCC(n2cccn2)=C1. The zero-order valence-electron chi connectivity index (χ0n) is 7.90. The molecule has 0 spiro atoms. The number of hydrogen-bond donors (Lipinski definition) is 0. The van der Waals surface area contributed by atoms with Crippen molar-refractivity contribution < 1.29 is 0 Å². The fourth-order valence-electron chi connectivity index (χ4n) is 1.62. The van der Waals surface area contributed by atoms with Crippen LogP contribution in [0.2, 0.25) is 0 Å². The number of aromatic nitrogens is 2. The van der Waals surface area contributed by atoms with Crippen molar-refractivity contribution in [1.82, 2.24) is 9.78 Å². The molecule has 0 N–H and O–H groups in total. The largest absolute Gasteiger partial charge is 0.245 e. The second kappa shape index (κ2) is 3.60. The van der Waals surface area contributed by atoms with E-state index in [1.54, 1.807) is 0 Å². The quantitative estimate of drug-likeness (QED) is 0.674. The van der Waals surface area contributed by atoms with Crippen LogP contribution < -0.4 is 0 Å². The van der Waals surface area contributed by atoms with Crippen LogP contribution in [0.5, 0.6) is 0 Å². The molecule has 0 unspecified atom stereocenters. The summed E-state index contributed by atoms with van der Waals surface area (Å²) in [6, 6.07) is 1.96. The molecule has 2 heteroatoms. The Morgan fingerprint density at radius 2 is 2.46 bits per heavy atom. The molecule has 1 aliphatic carbocycles. The number of allylic oxidation sites excluding steroid dienone is 4. The zero-order valence-corrected chi connectivity index (χ0v) is 7.90. The third kappa shape index (κ3) is 1.72. The predicted octanol–water partition coefficient (Wildman–Crippen LogP) is 2.85. The van der Waals surface area contributed by atoms with Gasteiger partial charge < -0.3 is 0 Å². The summed E-state index contributed by atoms with van der Waals surface area (Å²) in [4.78, 5) is 0. The molecule has 0 aromatic carbocycles. The maximum atomic E-state index is 4.23. The van der Waals surface area contributed by atoms with Crippen molar-refractivity contribution in [2.45, 2.75) is 26.2 Å². The van der Waals surface area contributed by atoms with E-state index in [2.05, 4.69) is 24.2 Å². The number of hydrogen-bond acceptors (Lipinski definition) is 1. The normalized spacial score (nSPS) is 16.7. The zero-order chi connectivity index (χ0) is 9.10. The highest BCUT2D eigenvalue weighted by Gasteiger charge is 2.05. The minimum Gasteiger partial charge on any atom is -0.245 e. The average Bonchev–Trinajstić information content (AvgIpc) is 2.71. The van der Waals surface area contributed by atoms with E-state index in [0.29, 0.717) is 0 Å². The van der Waals surface area contributed by atoms with E-state index >= 15 is 0 Å². The molecular weight excluding hydrogens is 160 g/mol. The Labute approximate surface area is 78.6 Å². The fourth-order valence-corrected chi connectivity index (χ4v) is 1.62. The van der Waals surface area contributed by atoms with Gasteiger partial charge in [0.15, 0.2) is 0 Å². The lowest BCUT2D eigenvalue weighted by molar-refractivity contribution is 0.829. The summed E-state index contributed by atoms with van der Waals surface area (Å²) in [5.74, 6) is 0. The van der Waals surface area contributed by atoms with E-state index in [1.165, 1.54) is 11.3 Å². The van der Waals surface area contributed by atoms with Gasteiger partial charge in [0.1, 0.15) is 0 Å². The monoisotopic (exact) mass is 174 g/mol. The van der Waals surface area contributed by atoms with Crippen LogP contribution >= 0.6 is 0 Å². The van der Waals surface area contributed by atoms with Gasteiger partial charge in [-0.25, -0.2) is 4.68 Å². The van der Waals surface area contributed by atoms with E-state index in [4.69, 9.17) is 0 Å². The standard InChI is InChI=1S/C11H14N2/c1-2-10-5-3-6-11(9-10)13-8-4-7-12-13/h4-5,7-9H,2-3,6H2,1H3. The van der Waals surface area contributed by atoms with Gasteiger partial charge in [-0.2, -0.15) is 5.10 Å². The molecule has 2 nitrogen and oxygen atoms in total. The minimum absolute atomic E-state index is 1.10. The van der Waals surface area contributed by atoms with Crippen LogP contribution in [0.1, 0.15) is 26.2 Å². The van der Waals surface area contributed by atoms with E-state index in [0.717, 1.165) is 19.3 Å².